The van der Waals surface area contributed by atoms with E-state index in [-0.39, 0.29) is 24.9 Å². The Labute approximate surface area is 120 Å². The van der Waals surface area contributed by atoms with Gasteiger partial charge in [0.2, 0.25) is 11.8 Å². The van der Waals surface area contributed by atoms with Gasteiger partial charge in [-0.2, -0.15) is 0 Å². The number of hydrogen-bond donors (Lipinski definition) is 2. The fourth-order valence-corrected chi connectivity index (χ4v) is 1.81. The first-order chi connectivity index (χ1) is 9.56. The number of hydrogen-bond acceptors (Lipinski definition) is 3. The minimum atomic E-state index is -0.152. The molecule has 1 aromatic carbocycles. The van der Waals surface area contributed by atoms with Crippen LogP contribution in [0.1, 0.15) is 19.4 Å². The molecule has 0 radical (unpaired) electrons. The monoisotopic (exact) mass is 277 g/mol. The molecule has 1 aromatic rings. The molecule has 0 heterocycles. The molecule has 0 fully saturated rings. The quantitative estimate of drug-likeness (QED) is 0.792. The van der Waals surface area contributed by atoms with Gasteiger partial charge in [-0.3, -0.25) is 14.9 Å². The van der Waals surface area contributed by atoms with Crippen molar-refractivity contribution in [2.75, 3.05) is 31.5 Å². The largest absolute Gasteiger partial charge is 0.342 e. The highest BCUT2D eigenvalue weighted by atomic mass is 16.2. The molecule has 20 heavy (non-hydrogen) atoms. The van der Waals surface area contributed by atoms with E-state index in [1.165, 1.54) is 0 Å². The van der Waals surface area contributed by atoms with Gasteiger partial charge in [-0.15, -0.1) is 0 Å². The van der Waals surface area contributed by atoms with Crippen LogP contribution in [0.25, 0.3) is 0 Å². The average molecular weight is 277 g/mol. The van der Waals surface area contributed by atoms with E-state index in [1.807, 2.05) is 45.0 Å². The lowest BCUT2D eigenvalue weighted by atomic mass is 10.2. The number of aryl methyl sites for hydroxylation is 1. The molecule has 0 saturated heterocycles. The predicted octanol–water partition coefficient (Wildman–Crippen LogP) is 1.39. The second-order valence-electron chi connectivity index (χ2n) is 4.58. The molecule has 2 N–H and O–H groups in total. The first-order valence-corrected chi connectivity index (χ1v) is 6.91. The summed E-state index contributed by atoms with van der Waals surface area (Å²) in [6.07, 6.45) is 0. The summed E-state index contributed by atoms with van der Waals surface area (Å²) in [6, 6.07) is 7.59. The van der Waals surface area contributed by atoms with Gasteiger partial charge in [0, 0.05) is 18.8 Å². The van der Waals surface area contributed by atoms with E-state index in [0.29, 0.717) is 13.1 Å². The highest BCUT2D eigenvalue weighted by molar-refractivity contribution is 5.92. The smallest absolute Gasteiger partial charge is 0.238 e. The zero-order chi connectivity index (χ0) is 15.0. The highest BCUT2D eigenvalue weighted by Gasteiger charge is 2.09. The third-order valence-corrected chi connectivity index (χ3v) is 3.01. The van der Waals surface area contributed by atoms with Crippen molar-refractivity contribution in [3.8, 4) is 0 Å². The Bertz CT molecular complexity index is 439. The summed E-state index contributed by atoms with van der Waals surface area (Å²) in [5, 5.41) is 5.64. The van der Waals surface area contributed by atoms with Crippen LogP contribution in [0.15, 0.2) is 24.3 Å². The molecule has 0 aliphatic carbocycles. The molecule has 1 rings (SSSR count). The summed E-state index contributed by atoms with van der Waals surface area (Å²) >= 11 is 0. The number of likely N-dealkylation sites (N-methyl/N-ethyl adjacent to an activating group) is 1. The molecule has 0 atom stereocenters. The van der Waals surface area contributed by atoms with Crippen molar-refractivity contribution < 1.29 is 9.59 Å². The standard InChI is InChI=1S/C15H23N3O2/c1-4-18(5-2)15(20)11-16-10-14(19)17-13-8-6-12(3)7-9-13/h6-9,16H,4-5,10-11H2,1-3H3,(H,17,19). The number of rotatable bonds is 7. The number of carbonyl (C=O) groups is 2. The third kappa shape index (κ3) is 5.40. The molecule has 0 saturated carbocycles. The van der Waals surface area contributed by atoms with Crippen LogP contribution in [0, 0.1) is 6.92 Å². The molecule has 5 nitrogen and oxygen atoms in total. The highest BCUT2D eigenvalue weighted by Crippen LogP contribution is 2.07. The Hall–Kier alpha value is -1.88. The van der Waals surface area contributed by atoms with Crippen molar-refractivity contribution in [2.24, 2.45) is 0 Å². The van der Waals surface area contributed by atoms with E-state index in [4.69, 9.17) is 0 Å². The van der Waals surface area contributed by atoms with Crippen LogP contribution >= 0.6 is 0 Å². The number of nitrogens with zero attached hydrogens (tertiary/aromatic N) is 1. The van der Waals surface area contributed by atoms with E-state index in [2.05, 4.69) is 10.6 Å². The van der Waals surface area contributed by atoms with Gasteiger partial charge in [0.05, 0.1) is 13.1 Å². The van der Waals surface area contributed by atoms with Gasteiger partial charge in [0.15, 0.2) is 0 Å². The lowest BCUT2D eigenvalue weighted by Gasteiger charge is -2.18. The maximum atomic E-state index is 11.7. The summed E-state index contributed by atoms with van der Waals surface area (Å²) in [7, 11) is 0. The number of carbonyl (C=O) groups excluding carboxylic acids is 2. The van der Waals surface area contributed by atoms with Crippen LogP contribution in [0.2, 0.25) is 0 Å². The van der Waals surface area contributed by atoms with Crippen LogP contribution in [0.5, 0.6) is 0 Å². The van der Waals surface area contributed by atoms with Gasteiger partial charge in [0.25, 0.3) is 0 Å². The zero-order valence-electron chi connectivity index (χ0n) is 12.4. The van der Waals surface area contributed by atoms with Crippen molar-refractivity contribution in [3.05, 3.63) is 29.8 Å². The minimum Gasteiger partial charge on any atom is -0.342 e. The molecule has 110 valence electrons. The van der Waals surface area contributed by atoms with Crippen LogP contribution in [-0.4, -0.2) is 42.9 Å². The van der Waals surface area contributed by atoms with Crippen molar-refractivity contribution in [2.45, 2.75) is 20.8 Å². The van der Waals surface area contributed by atoms with Crippen molar-refractivity contribution >= 4 is 17.5 Å². The topological polar surface area (TPSA) is 61.4 Å². The van der Waals surface area contributed by atoms with Gasteiger partial charge in [-0.05, 0) is 32.9 Å². The first kappa shape index (κ1) is 16.2. The summed E-state index contributed by atoms with van der Waals surface area (Å²) in [5.41, 5.74) is 1.91. The summed E-state index contributed by atoms with van der Waals surface area (Å²) in [6.45, 7) is 7.55. The molecule has 0 spiro atoms. The second kappa shape index (κ2) is 8.32. The fourth-order valence-electron chi connectivity index (χ4n) is 1.81. The molecule has 0 aromatic heterocycles. The summed E-state index contributed by atoms with van der Waals surface area (Å²) in [4.78, 5) is 25.1. The van der Waals surface area contributed by atoms with Crippen LogP contribution in [0.3, 0.4) is 0 Å². The molecule has 0 unspecified atom stereocenters. The minimum absolute atomic E-state index is 0.0122. The normalized spacial score (nSPS) is 10.2. The average Bonchev–Trinajstić information content (AvgIpc) is 2.43. The van der Waals surface area contributed by atoms with E-state index in [1.54, 1.807) is 4.90 Å². The van der Waals surface area contributed by atoms with E-state index < -0.39 is 0 Å². The molecule has 0 aliphatic rings. The van der Waals surface area contributed by atoms with Gasteiger partial charge < -0.3 is 10.2 Å². The number of amides is 2. The molecule has 0 aliphatic heterocycles. The lowest BCUT2D eigenvalue weighted by Crippen LogP contribution is -2.40. The first-order valence-electron chi connectivity index (χ1n) is 6.91. The van der Waals surface area contributed by atoms with Gasteiger partial charge >= 0.3 is 0 Å². The Balaban J connectivity index is 2.30. The SMILES string of the molecule is CCN(CC)C(=O)CNCC(=O)Nc1ccc(C)cc1. The molecule has 0 bridgehead atoms. The number of benzene rings is 1. The van der Waals surface area contributed by atoms with Gasteiger partial charge in [0.1, 0.15) is 0 Å². The molecule has 2 amide bonds. The maximum Gasteiger partial charge on any atom is 0.238 e. The second-order valence-corrected chi connectivity index (χ2v) is 4.58. The van der Waals surface area contributed by atoms with Crippen molar-refractivity contribution in [3.63, 3.8) is 0 Å². The zero-order valence-corrected chi connectivity index (χ0v) is 12.4. The molecular weight excluding hydrogens is 254 g/mol. The van der Waals surface area contributed by atoms with Crippen molar-refractivity contribution in [1.82, 2.24) is 10.2 Å². The third-order valence-electron chi connectivity index (χ3n) is 3.01. The van der Waals surface area contributed by atoms with Crippen LogP contribution in [0.4, 0.5) is 5.69 Å². The van der Waals surface area contributed by atoms with Crippen LogP contribution < -0.4 is 10.6 Å². The Morgan fingerprint density at radius 2 is 1.65 bits per heavy atom. The number of nitrogens with one attached hydrogen (secondary N) is 2. The number of anilines is 1. The Morgan fingerprint density at radius 1 is 1.05 bits per heavy atom. The molecular formula is C15H23N3O2. The van der Waals surface area contributed by atoms with E-state index >= 15 is 0 Å². The van der Waals surface area contributed by atoms with E-state index in [0.717, 1.165) is 11.3 Å². The lowest BCUT2D eigenvalue weighted by molar-refractivity contribution is -0.129. The van der Waals surface area contributed by atoms with E-state index in [9.17, 15) is 9.59 Å². The van der Waals surface area contributed by atoms with Gasteiger partial charge in [-0.25, -0.2) is 0 Å². The predicted molar refractivity (Wildman–Crippen MR) is 80.6 cm³/mol. The van der Waals surface area contributed by atoms with Gasteiger partial charge in [-0.1, -0.05) is 17.7 Å². The maximum absolute atomic E-state index is 11.7. The molecule has 5 heteroatoms. The van der Waals surface area contributed by atoms with Crippen LogP contribution in [-0.2, 0) is 9.59 Å². The van der Waals surface area contributed by atoms with Crippen molar-refractivity contribution in [1.29, 1.82) is 0 Å². The fraction of sp³-hybridized carbons (Fsp3) is 0.467. The Morgan fingerprint density at radius 3 is 2.20 bits per heavy atom. The Kier molecular flexibility index (Phi) is 6.73. The summed E-state index contributed by atoms with van der Waals surface area (Å²) < 4.78 is 0. The summed E-state index contributed by atoms with van der Waals surface area (Å²) in [5.74, 6) is -0.140.